The summed E-state index contributed by atoms with van der Waals surface area (Å²) in [5.41, 5.74) is 1.38. The first-order valence-electron chi connectivity index (χ1n) is 6.26. The molecule has 0 fully saturated rings. The van der Waals surface area contributed by atoms with Crippen LogP contribution in [0.5, 0.6) is 0 Å². The van der Waals surface area contributed by atoms with Crippen molar-refractivity contribution in [2.45, 2.75) is 19.3 Å². The van der Waals surface area contributed by atoms with Gasteiger partial charge in [0.15, 0.2) is 0 Å². The summed E-state index contributed by atoms with van der Waals surface area (Å²) in [6.07, 6.45) is 0.859. The van der Waals surface area contributed by atoms with Crippen molar-refractivity contribution in [3.05, 3.63) is 35.9 Å². The zero-order valence-corrected chi connectivity index (χ0v) is 12.1. The second-order valence-electron chi connectivity index (χ2n) is 4.23. The second-order valence-corrected chi connectivity index (χ2v) is 4.88. The molecule has 1 unspecified atom stereocenters. The second kappa shape index (κ2) is 8.67. The van der Waals surface area contributed by atoms with E-state index in [2.05, 4.69) is 58.1 Å². The largest absolute Gasteiger partial charge is 0.396 e. The Labute approximate surface area is 113 Å². The average molecular weight is 300 g/mol. The van der Waals surface area contributed by atoms with Gasteiger partial charge in [0, 0.05) is 30.9 Å². The molecule has 17 heavy (non-hydrogen) atoms. The van der Waals surface area contributed by atoms with Gasteiger partial charge < -0.3 is 10.0 Å². The van der Waals surface area contributed by atoms with Crippen LogP contribution >= 0.6 is 15.9 Å². The first kappa shape index (κ1) is 14.7. The number of alkyl halides is 1. The summed E-state index contributed by atoms with van der Waals surface area (Å²) in [6, 6.07) is 10.6. The Morgan fingerprint density at radius 2 is 2.00 bits per heavy atom. The Balaban J connectivity index is 2.56. The minimum absolute atomic E-state index is 0.279. The number of nitrogens with zero attached hydrogens (tertiary/aromatic N) is 1. The van der Waals surface area contributed by atoms with Gasteiger partial charge in [-0.2, -0.15) is 0 Å². The van der Waals surface area contributed by atoms with Crippen LogP contribution in [-0.2, 0) is 0 Å². The summed E-state index contributed by atoms with van der Waals surface area (Å²) in [7, 11) is 0. The molecule has 0 heterocycles. The topological polar surface area (TPSA) is 23.5 Å². The fourth-order valence-corrected chi connectivity index (χ4v) is 2.53. The fraction of sp³-hybridized carbons (Fsp3) is 0.571. The molecular formula is C14H22BrNO. The third-order valence-electron chi connectivity index (χ3n) is 3.02. The highest BCUT2D eigenvalue weighted by Crippen LogP contribution is 2.19. The van der Waals surface area contributed by atoms with Crippen molar-refractivity contribution in [1.82, 2.24) is 4.90 Å². The first-order valence-corrected chi connectivity index (χ1v) is 7.38. The van der Waals surface area contributed by atoms with E-state index in [1.807, 2.05) is 0 Å². The number of hydrogen-bond acceptors (Lipinski definition) is 2. The number of aliphatic hydroxyl groups excluding tert-OH is 1. The summed E-state index contributed by atoms with van der Waals surface area (Å²) >= 11 is 3.60. The van der Waals surface area contributed by atoms with Crippen LogP contribution in [0.4, 0.5) is 0 Å². The molecule has 3 heteroatoms. The Kier molecular flexibility index (Phi) is 7.49. The van der Waals surface area contributed by atoms with Crippen LogP contribution in [0.15, 0.2) is 30.3 Å². The van der Waals surface area contributed by atoms with Crippen LogP contribution in [0, 0.1) is 0 Å². The van der Waals surface area contributed by atoms with Gasteiger partial charge in [-0.05, 0) is 18.5 Å². The van der Waals surface area contributed by atoms with Gasteiger partial charge in [0.25, 0.3) is 0 Å². The summed E-state index contributed by atoms with van der Waals surface area (Å²) in [4.78, 5) is 2.40. The standard InChI is InChI=1S/C14H22BrNO/c1-2-16(9-6-10-17)12-14(11-15)13-7-4-3-5-8-13/h3-5,7-8,14,17H,2,6,9-12H2,1H3. The van der Waals surface area contributed by atoms with E-state index in [4.69, 9.17) is 5.11 Å². The van der Waals surface area contributed by atoms with Crippen molar-refractivity contribution < 1.29 is 5.11 Å². The van der Waals surface area contributed by atoms with Crippen molar-refractivity contribution in [2.75, 3.05) is 31.6 Å². The van der Waals surface area contributed by atoms with Gasteiger partial charge in [-0.3, -0.25) is 0 Å². The number of hydrogen-bond donors (Lipinski definition) is 1. The fourth-order valence-electron chi connectivity index (χ4n) is 1.95. The molecule has 0 amide bonds. The van der Waals surface area contributed by atoms with E-state index in [9.17, 15) is 0 Å². The third kappa shape index (κ3) is 5.19. The van der Waals surface area contributed by atoms with Crippen LogP contribution < -0.4 is 0 Å². The maximum Gasteiger partial charge on any atom is 0.0443 e. The van der Waals surface area contributed by atoms with Crippen LogP contribution in [0.2, 0.25) is 0 Å². The SMILES string of the molecule is CCN(CCCO)CC(CBr)c1ccccc1. The molecule has 1 N–H and O–H groups in total. The van der Waals surface area contributed by atoms with E-state index >= 15 is 0 Å². The Bertz CT molecular complexity index is 292. The van der Waals surface area contributed by atoms with Crippen molar-refractivity contribution >= 4 is 15.9 Å². The molecule has 2 nitrogen and oxygen atoms in total. The van der Waals surface area contributed by atoms with E-state index in [1.165, 1.54) is 5.56 Å². The number of halogens is 1. The molecule has 1 aromatic rings. The van der Waals surface area contributed by atoms with Crippen molar-refractivity contribution in [3.63, 3.8) is 0 Å². The summed E-state index contributed by atoms with van der Waals surface area (Å²) < 4.78 is 0. The lowest BCUT2D eigenvalue weighted by Crippen LogP contribution is -2.30. The van der Waals surface area contributed by atoms with Crippen LogP contribution in [0.3, 0.4) is 0 Å². The predicted molar refractivity (Wildman–Crippen MR) is 76.8 cm³/mol. The molecule has 0 saturated heterocycles. The Morgan fingerprint density at radius 3 is 2.53 bits per heavy atom. The van der Waals surface area contributed by atoms with Crippen LogP contribution in [0.1, 0.15) is 24.8 Å². The molecule has 0 saturated carbocycles. The molecule has 0 aromatic heterocycles. The highest BCUT2D eigenvalue weighted by molar-refractivity contribution is 9.09. The zero-order chi connectivity index (χ0) is 12.5. The predicted octanol–water partition coefficient (Wildman–Crippen LogP) is 2.87. The highest BCUT2D eigenvalue weighted by Gasteiger charge is 2.13. The average Bonchev–Trinajstić information content (AvgIpc) is 2.40. The molecule has 0 aliphatic carbocycles. The molecule has 0 spiro atoms. The molecular weight excluding hydrogens is 278 g/mol. The van der Waals surface area contributed by atoms with Gasteiger partial charge in [0.1, 0.15) is 0 Å². The molecule has 0 aliphatic heterocycles. The quantitative estimate of drug-likeness (QED) is 0.746. The highest BCUT2D eigenvalue weighted by atomic mass is 79.9. The van der Waals surface area contributed by atoms with E-state index < -0.39 is 0 Å². The minimum Gasteiger partial charge on any atom is -0.396 e. The molecule has 0 aliphatic rings. The van der Waals surface area contributed by atoms with E-state index in [0.29, 0.717) is 5.92 Å². The normalized spacial score (nSPS) is 12.9. The maximum absolute atomic E-state index is 8.88. The summed E-state index contributed by atoms with van der Waals surface area (Å²) in [5.74, 6) is 0.523. The van der Waals surface area contributed by atoms with Crippen molar-refractivity contribution in [3.8, 4) is 0 Å². The molecule has 1 atom stereocenters. The smallest absolute Gasteiger partial charge is 0.0443 e. The van der Waals surface area contributed by atoms with Crippen molar-refractivity contribution in [1.29, 1.82) is 0 Å². The molecule has 1 aromatic carbocycles. The van der Waals surface area contributed by atoms with E-state index in [-0.39, 0.29) is 6.61 Å². The zero-order valence-electron chi connectivity index (χ0n) is 10.5. The van der Waals surface area contributed by atoms with Crippen LogP contribution in [0.25, 0.3) is 0 Å². The lowest BCUT2D eigenvalue weighted by Gasteiger charge is -2.25. The van der Waals surface area contributed by atoms with Crippen LogP contribution in [-0.4, -0.2) is 41.6 Å². The summed E-state index contributed by atoms with van der Waals surface area (Å²) in [6.45, 7) is 5.51. The first-order chi connectivity index (χ1) is 8.31. The maximum atomic E-state index is 8.88. The van der Waals surface area contributed by atoms with E-state index in [0.717, 1.165) is 31.4 Å². The molecule has 0 radical (unpaired) electrons. The van der Waals surface area contributed by atoms with Gasteiger partial charge in [-0.25, -0.2) is 0 Å². The lowest BCUT2D eigenvalue weighted by atomic mass is 10.0. The number of rotatable bonds is 8. The Morgan fingerprint density at radius 1 is 1.29 bits per heavy atom. The number of likely N-dealkylation sites (N-methyl/N-ethyl adjacent to an activating group) is 1. The summed E-state index contributed by atoms with van der Waals surface area (Å²) in [5, 5.41) is 9.86. The molecule has 96 valence electrons. The van der Waals surface area contributed by atoms with Gasteiger partial charge in [0.2, 0.25) is 0 Å². The monoisotopic (exact) mass is 299 g/mol. The number of aliphatic hydroxyl groups is 1. The third-order valence-corrected chi connectivity index (χ3v) is 3.80. The van der Waals surface area contributed by atoms with Crippen molar-refractivity contribution in [2.24, 2.45) is 0 Å². The van der Waals surface area contributed by atoms with Gasteiger partial charge in [0.05, 0.1) is 0 Å². The van der Waals surface area contributed by atoms with E-state index in [1.54, 1.807) is 0 Å². The van der Waals surface area contributed by atoms with Gasteiger partial charge in [-0.15, -0.1) is 0 Å². The molecule has 0 bridgehead atoms. The molecule has 1 rings (SSSR count). The minimum atomic E-state index is 0.279. The number of benzene rings is 1. The lowest BCUT2D eigenvalue weighted by molar-refractivity contribution is 0.224. The van der Waals surface area contributed by atoms with Gasteiger partial charge in [-0.1, -0.05) is 53.2 Å². The Hall–Kier alpha value is -0.380. The van der Waals surface area contributed by atoms with Gasteiger partial charge >= 0.3 is 0 Å².